The highest BCUT2D eigenvalue weighted by Crippen LogP contribution is 2.42. The van der Waals surface area contributed by atoms with Gasteiger partial charge in [-0.3, -0.25) is 0 Å². The molecule has 0 radical (unpaired) electrons. The van der Waals surface area contributed by atoms with Crippen LogP contribution in [0.2, 0.25) is 0 Å². The number of hydrogen-bond acceptors (Lipinski definition) is 4. The molecular formula is C18H25Br3O4S2. The molecule has 0 N–H and O–H groups in total. The number of hydrogen-bond donors (Lipinski definition) is 0. The monoisotopic (exact) mass is 606 g/mol. The summed E-state index contributed by atoms with van der Waals surface area (Å²) < 4.78 is 43.8. The molecule has 0 fully saturated rings. The number of alkyl halides is 3. The summed E-state index contributed by atoms with van der Waals surface area (Å²) in [4.78, 5) is 0.621. The Morgan fingerprint density at radius 1 is 0.630 bits per heavy atom. The summed E-state index contributed by atoms with van der Waals surface area (Å²) in [6.45, 7) is 8.00. The molecule has 9 heteroatoms. The molecule has 0 bridgehead atoms. The van der Waals surface area contributed by atoms with Gasteiger partial charge >= 0.3 is 0 Å². The molecule has 0 aliphatic rings. The Labute approximate surface area is 189 Å². The second kappa shape index (κ2) is 13.9. The average Bonchev–Trinajstić information content (AvgIpc) is 2.65. The van der Waals surface area contributed by atoms with Crippen molar-refractivity contribution in [2.75, 3.05) is 6.26 Å². The minimum atomic E-state index is -3.43. The van der Waals surface area contributed by atoms with Crippen molar-refractivity contribution >= 4 is 67.5 Å². The molecule has 0 unspecified atom stereocenters. The maximum atomic E-state index is 11.7. The minimum Gasteiger partial charge on any atom is -0.224 e. The average molecular weight is 609 g/mol. The Balaban J connectivity index is 0. The van der Waals surface area contributed by atoms with E-state index >= 15 is 0 Å². The Morgan fingerprint density at radius 2 is 0.926 bits per heavy atom. The van der Waals surface area contributed by atoms with Crippen LogP contribution in [-0.2, 0) is 19.7 Å². The molecule has 0 spiro atoms. The van der Waals surface area contributed by atoms with Crippen molar-refractivity contribution in [3.63, 3.8) is 0 Å². The van der Waals surface area contributed by atoms with Gasteiger partial charge in [-0.1, -0.05) is 64.1 Å². The van der Waals surface area contributed by atoms with E-state index in [2.05, 4.69) is 47.8 Å². The van der Waals surface area contributed by atoms with Gasteiger partial charge < -0.3 is 0 Å². The molecule has 2 aromatic rings. The second-order valence-electron chi connectivity index (χ2n) is 4.35. The van der Waals surface area contributed by atoms with Crippen LogP contribution in [0.1, 0.15) is 27.7 Å². The third kappa shape index (κ3) is 10.8. The van der Waals surface area contributed by atoms with Gasteiger partial charge in [-0.15, -0.1) is 0 Å². The number of sulfone groups is 2. The van der Waals surface area contributed by atoms with Crippen molar-refractivity contribution < 1.29 is 16.8 Å². The van der Waals surface area contributed by atoms with Crippen molar-refractivity contribution in [2.24, 2.45) is 0 Å². The van der Waals surface area contributed by atoms with E-state index in [0.29, 0.717) is 4.90 Å². The van der Waals surface area contributed by atoms with Crippen molar-refractivity contribution in [1.29, 1.82) is 0 Å². The third-order valence-electron chi connectivity index (χ3n) is 2.53. The minimum absolute atomic E-state index is 0.251. The van der Waals surface area contributed by atoms with E-state index in [9.17, 15) is 16.8 Å². The quantitative estimate of drug-likeness (QED) is 0.370. The van der Waals surface area contributed by atoms with Crippen LogP contribution in [0.4, 0.5) is 0 Å². The predicted octanol–water partition coefficient (Wildman–Crippen LogP) is 6.40. The summed E-state index contributed by atoms with van der Waals surface area (Å²) in [5.74, 6) is 0. The zero-order valence-corrected chi connectivity index (χ0v) is 22.2. The molecule has 4 nitrogen and oxygen atoms in total. The van der Waals surface area contributed by atoms with Crippen LogP contribution in [0.3, 0.4) is 0 Å². The first-order valence-corrected chi connectivity index (χ1v) is 13.8. The van der Waals surface area contributed by atoms with E-state index in [1.807, 2.05) is 27.7 Å². The first-order chi connectivity index (χ1) is 12.5. The number of benzene rings is 2. The van der Waals surface area contributed by atoms with Crippen molar-refractivity contribution in [3.8, 4) is 0 Å². The zero-order chi connectivity index (χ0) is 21.7. The van der Waals surface area contributed by atoms with Crippen LogP contribution in [0.15, 0.2) is 70.5 Å². The summed E-state index contributed by atoms with van der Waals surface area (Å²) in [6.07, 6.45) is 1.20. The fourth-order valence-corrected chi connectivity index (χ4v) is 4.52. The number of rotatable bonds is 2. The molecule has 0 saturated carbocycles. The standard InChI is InChI=1S/C7H5Br3O2S.C7H8O2S.2C2H6/c8-7(9,10)13(11,12)6-4-2-1-3-5-6;1-10(8,9)7-5-3-2-4-6-7;2*1-2/h1-5H;2-6H,1H3;2*1-2H3. The summed E-state index contributed by atoms with van der Waals surface area (Å²) in [6, 6.07) is 16.5. The maximum Gasteiger partial charge on any atom is 0.239 e. The molecule has 0 atom stereocenters. The molecular weight excluding hydrogens is 584 g/mol. The molecule has 0 amide bonds. The highest BCUT2D eigenvalue weighted by molar-refractivity contribution is 9.42. The van der Waals surface area contributed by atoms with Gasteiger partial charge in [-0.05, 0) is 72.1 Å². The van der Waals surface area contributed by atoms with Crippen molar-refractivity contribution in [1.82, 2.24) is 0 Å². The lowest BCUT2D eigenvalue weighted by molar-refractivity contribution is 0.598. The lowest BCUT2D eigenvalue weighted by Gasteiger charge is -2.12. The molecule has 154 valence electrons. The van der Waals surface area contributed by atoms with E-state index < -0.39 is 21.1 Å². The lowest BCUT2D eigenvalue weighted by Crippen LogP contribution is -2.17. The van der Waals surface area contributed by atoms with E-state index in [1.165, 1.54) is 18.4 Å². The van der Waals surface area contributed by atoms with Crippen LogP contribution in [0, 0.1) is 0 Å². The van der Waals surface area contributed by atoms with Crippen LogP contribution < -0.4 is 0 Å². The first-order valence-electron chi connectivity index (χ1n) is 8.08. The van der Waals surface area contributed by atoms with Crippen molar-refractivity contribution in [2.45, 2.75) is 39.0 Å². The number of halogens is 3. The van der Waals surface area contributed by atoms with Crippen LogP contribution in [0.5, 0.6) is 0 Å². The molecule has 27 heavy (non-hydrogen) atoms. The van der Waals surface area contributed by atoms with Crippen LogP contribution >= 0.6 is 47.8 Å². The summed E-state index contributed by atoms with van der Waals surface area (Å²) >= 11 is 8.95. The van der Waals surface area contributed by atoms with E-state index in [1.54, 1.807) is 48.5 Å². The molecule has 0 saturated heterocycles. The fraction of sp³-hybridized carbons (Fsp3) is 0.333. The molecule has 2 rings (SSSR count). The molecule has 0 heterocycles. The van der Waals surface area contributed by atoms with Gasteiger partial charge in [0.15, 0.2) is 9.84 Å². The normalized spacial score (nSPS) is 10.8. The smallest absolute Gasteiger partial charge is 0.224 e. The zero-order valence-electron chi connectivity index (χ0n) is 15.9. The lowest BCUT2D eigenvalue weighted by atomic mass is 10.4. The second-order valence-corrected chi connectivity index (χ2v) is 16.8. The topological polar surface area (TPSA) is 68.3 Å². The third-order valence-corrected chi connectivity index (χ3v) is 9.00. The highest BCUT2D eigenvalue weighted by Gasteiger charge is 2.36. The van der Waals surface area contributed by atoms with Gasteiger partial charge in [0.25, 0.3) is 0 Å². The molecule has 0 aliphatic heterocycles. The van der Waals surface area contributed by atoms with E-state index in [4.69, 9.17) is 0 Å². The molecule has 0 aliphatic carbocycles. The summed E-state index contributed by atoms with van der Waals surface area (Å²) in [5.41, 5.74) is 0. The molecule has 0 aromatic heterocycles. The Kier molecular flexibility index (Phi) is 14.9. The van der Waals surface area contributed by atoms with Crippen LogP contribution in [0.25, 0.3) is 0 Å². The largest absolute Gasteiger partial charge is 0.239 e. The Bertz CT molecular complexity index is 831. The summed E-state index contributed by atoms with van der Waals surface area (Å²) in [5, 5.41) is 0. The maximum absolute atomic E-state index is 11.7. The molecule has 2 aromatic carbocycles. The highest BCUT2D eigenvalue weighted by atomic mass is 80.0. The van der Waals surface area contributed by atoms with E-state index in [0.717, 1.165) is 0 Å². The van der Waals surface area contributed by atoms with Crippen molar-refractivity contribution in [3.05, 3.63) is 60.7 Å². The van der Waals surface area contributed by atoms with Gasteiger partial charge in [-0.25, -0.2) is 16.8 Å². The van der Waals surface area contributed by atoms with E-state index in [-0.39, 0.29) is 4.90 Å². The summed E-state index contributed by atoms with van der Waals surface area (Å²) in [7, 11) is -6.43. The van der Waals surface area contributed by atoms with Gasteiger partial charge in [0.05, 0.1) is 9.79 Å². The van der Waals surface area contributed by atoms with Gasteiger partial charge in [-0.2, -0.15) is 0 Å². The van der Waals surface area contributed by atoms with Gasteiger partial charge in [0.1, 0.15) is 0 Å². The Hall–Kier alpha value is -0.220. The predicted molar refractivity (Wildman–Crippen MR) is 125 cm³/mol. The first kappa shape index (κ1) is 29.0. The van der Waals surface area contributed by atoms with Gasteiger partial charge in [0, 0.05) is 6.26 Å². The van der Waals surface area contributed by atoms with Gasteiger partial charge in [0.2, 0.25) is 11.3 Å². The fourth-order valence-electron chi connectivity index (χ4n) is 1.40. The SMILES string of the molecule is CC.CC.CS(=O)(=O)c1ccccc1.O=S(=O)(c1ccccc1)C(Br)(Br)Br. The Morgan fingerprint density at radius 3 is 1.15 bits per heavy atom. The van der Waals surface area contributed by atoms with Crippen LogP contribution in [-0.4, -0.2) is 24.6 Å².